The summed E-state index contributed by atoms with van der Waals surface area (Å²) in [5, 5.41) is 8.50. The third kappa shape index (κ3) is 3.22. The molecule has 1 aromatic carbocycles. The first-order valence-corrected chi connectivity index (χ1v) is 9.91. The molecule has 0 aliphatic rings. The summed E-state index contributed by atoms with van der Waals surface area (Å²) >= 11 is -0.465. The van der Waals surface area contributed by atoms with Gasteiger partial charge < -0.3 is 0 Å². The number of rotatable bonds is 4. The second-order valence-corrected chi connectivity index (χ2v) is 9.70. The van der Waals surface area contributed by atoms with Crippen molar-refractivity contribution in [3.8, 4) is 10.1 Å². The molecule has 0 radical (unpaired) electrons. The number of aryl methyl sites for hydroxylation is 1. The van der Waals surface area contributed by atoms with E-state index in [2.05, 4.69) is 9.83 Å². The van der Waals surface area contributed by atoms with Gasteiger partial charge in [-0.1, -0.05) is 0 Å². The molecule has 0 saturated heterocycles. The Morgan fingerprint density at radius 2 is 2.04 bits per heavy atom. The van der Waals surface area contributed by atoms with Crippen LogP contribution in [-0.2, 0) is 9.84 Å². The number of hydrogen-bond donors (Lipinski definition) is 1. The average molecular weight is 397 g/mol. The number of carboxylic acid groups (broad SMARTS) is 1. The molecule has 23 heavy (non-hydrogen) atoms. The fraction of sp³-hybridized carbons (Fsp3) is 0.267. The van der Waals surface area contributed by atoms with Gasteiger partial charge in [0.2, 0.25) is 0 Å². The second-order valence-electron chi connectivity index (χ2n) is 5.13. The van der Waals surface area contributed by atoms with E-state index < -0.39 is 35.6 Å². The molecule has 6 nitrogen and oxygen atoms in total. The molecule has 0 bridgehead atoms. The van der Waals surface area contributed by atoms with Gasteiger partial charge in [-0.2, -0.15) is 0 Å². The average Bonchev–Trinajstić information content (AvgIpc) is 2.88. The van der Waals surface area contributed by atoms with Crippen LogP contribution in [0.25, 0.3) is 15.0 Å². The summed E-state index contributed by atoms with van der Waals surface area (Å²) in [7, 11) is -3.55. The number of carboxylic acids is 1. The summed E-state index contributed by atoms with van der Waals surface area (Å²) in [4.78, 5) is 18.7. The molecule has 1 heterocycles. The molecule has 1 N–H and O–H groups in total. The van der Waals surface area contributed by atoms with Crippen molar-refractivity contribution in [1.82, 2.24) is 4.98 Å². The second kappa shape index (κ2) is 6.28. The summed E-state index contributed by atoms with van der Waals surface area (Å²) in [6, 6.07) is 4.47. The summed E-state index contributed by atoms with van der Waals surface area (Å²) in [6.07, 6.45) is 0. The Labute approximate surface area is 140 Å². The van der Waals surface area contributed by atoms with Crippen molar-refractivity contribution < 1.29 is 18.3 Å². The maximum absolute atomic E-state index is 12.3. The fourth-order valence-corrected chi connectivity index (χ4v) is 5.00. The maximum atomic E-state index is 12.3. The van der Waals surface area contributed by atoms with E-state index in [0.717, 1.165) is 0 Å². The van der Waals surface area contributed by atoms with Crippen molar-refractivity contribution >= 4 is 36.0 Å². The minimum atomic E-state index is -3.55. The van der Waals surface area contributed by atoms with Gasteiger partial charge in [0.25, 0.3) is 0 Å². The number of nitrogens with zero attached hydrogens (tertiary/aromatic N) is 2. The zero-order valence-corrected chi connectivity index (χ0v) is 15.2. The first-order valence-electron chi connectivity index (χ1n) is 6.65. The number of benzene rings is 1. The molecule has 120 valence electrons. The summed E-state index contributed by atoms with van der Waals surface area (Å²) in [6.45, 7) is 12.0. The Balaban J connectivity index is 2.59. The number of aromatic nitrogens is 1. The molecule has 1 aromatic heterocycles. The molecule has 0 unspecified atom stereocenters. The van der Waals surface area contributed by atoms with Gasteiger partial charge >= 0.3 is 140 Å². The number of aromatic carboxylic acids is 1. The van der Waals surface area contributed by atoms with Gasteiger partial charge in [0.05, 0.1) is 0 Å². The van der Waals surface area contributed by atoms with Gasteiger partial charge in [0.15, 0.2) is 0 Å². The monoisotopic (exact) mass is 398 g/mol. The van der Waals surface area contributed by atoms with Crippen molar-refractivity contribution in [2.24, 2.45) is 0 Å². The molecular formula is C15H14N2O4SSe. The van der Waals surface area contributed by atoms with Crippen molar-refractivity contribution in [2.75, 3.05) is 0 Å². The van der Waals surface area contributed by atoms with Crippen LogP contribution in [0.2, 0.25) is 0 Å². The molecule has 0 fully saturated rings. The van der Waals surface area contributed by atoms with Crippen LogP contribution in [0.15, 0.2) is 23.1 Å². The van der Waals surface area contributed by atoms with Crippen molar-refractivity contribution in [2.45, 2.75) is 30.9 Å². The van der Waals surface area contributed by atoms with Crippen LogP contribution >= 0.6 is 0 Å². The first kappa shape index (κ1) is 17.4. The van der Waals surface area contributed by atoms with Gasteiger partial charge in [0, 0.05) is 0 Å². The molecule has 0 atom stereocenters. The van der Waals surface area contributed by atoms with Crippen molar-refractivity contribution in [3.63, 3.8) is 0 Å². The Kier molecular flexibility index (Phi) is 4.76. The Hall–Kier alpha value is -1.94. The standard InChI is InChI=1S/C15H14N2O4SSe/c1-8(2)22(20,21)12-6-5-10(7-11(12)16-4)14-17-9(3)13(23-14)15(18)19/h5-8H,1-3H3,(H,18,19). The molecule has 0 amide bonds. The molecule has 0 saturated carbocycles. The third-order valence-corrected chi connectivity index (χ3v) is 7.95. The zero-order valence-electron chi connectivity index (χ0n) is 12.7. The molecule has 8 heteroatoms. The van der Waals surface area contributed by atoms with Gasteiger partial charge in [-0.25, -0.2) is 0 Å². The van der Waals surface area contributed by atoms with E-state index in [-0.39, 0.29) is 15.0 Å². The predicted octanol–water partition coefficient (Wildman–Crippen LogP) is 2.55. The predicted molar refractivity (Wildman–Crippen MR) is 86.9 cm³/mol. The summed E-state index contributed by atoms with van der Waals surface area (Å²) < 4.78 is 25.4. The van der Waals surface area contributed by atoms with E-state index >= 15 is 0 Å². The van der Waals surface area contributed by atoms with Crippen molar-refractivity contribution in [3.05, 3.63) is 39.7 Å². The molecule has 0 spiro atoms. The van der Waals surface area contributed by atoms with E-state index in [0.29, 0.717) is 15.8 Å². The zero-order chi connectivity index (χ0) is 17.4. The van der Waals surface area contributed by atoms with Crippen LogP contribution < -0.4 is 0 Å². The first-order chi connectivity index (χ1) is 10.7. The summed E-state index contributed by atoms with van der Waals surface area (Å²) in [5.41, 5.74) is 1.08. The number of hydrogen-bond acceptors (Lipinski definition) is 4. The molecular weight excluding hydrogens is 383 g/mol. The Morgan fingerprint density at radius 1 is 1.39 bits per heavy atom. The van der Waals surface area contributed by atoms with E-state index in [1.54, 1.807) is 26.8 Å². The van der Waals surface area contributed by atoms with Gasteiger partial charge in [-0.15, -0.1) is 0 Å². The van der Waals surface area contributed by atoms with E-state index in [1.165, 1.54) is 12.1 Å². The van der Waals surface area contributed by atoms with Crippen LogP contribution in [-0.4, -0.2) is 44.2 Å². The Morgan fingerprint density at radius 3 is 2.52 bits per heavy atom. The normalized spacial score (nSPS) is 11.4. The molecule has 2 rings (SSSR count). The van der Waals surface area contributed by atoms with Crippen LogP contribution in [0.4, 0.5) is 5.69 Å². The topological polar surface area (TPSA) is 88.7 Å². The van der Waals surface area contributed by atoms with Gasteiger partial charge in [-0.3, -0.25) is 0 Å². The van der Waals surface area contributed by atoms with E-state index in [4.69, 9.17) is 11.7 Å². The van der Waals surface area contributed by atoms with Crippen LogP contribution in [0.3, 0.4) is 0 Å². The Bertz CT molecular complexity index is 923. The van der Waals surface area contributed by atoms with Crippen LogP contribution in [0.5, 0.6) is 0 Å². The number of sulfone groups is 1. The van der Waals surface area contributed by atoms with E-state index in [9.17, 15) is 13.2 Å². The third-order valence-electron chi connectivity index (χ3n) is 3.24. The van der Waals surface area contributed by atoms with Crippen molar-refractivity contribution in [1.29, 1.82) is 0 Å². The molecule has 2 aromatic rings. The minimum absolute atomic E-state index is 0.000450. The SMILES string of the molecule is [C-]#[N+]c1cc(-c2nc(C)c(C(=O)O)[se]2)ccc1S(=O)(=O)C(C)C. The van der Waals surface area contributed by atoms with E-state index in [1.807, 2.05) is 0 Å². The fourth-order valence-electron chi connectivity index (χ4n) is 1.95. The summed E-state index contributed by atoms with van der Waals surface area (Å²) in [5.74, 6) is -0.995. The van der Waals surface area contributed by atoms with Crippen LogP contribution in [0, 0.1) is 13.5 Å². The van der Waals surface area contributed by atoms with Crippen LogP contribution in [0.1, 0.15) is 28.8 Å². The quantitative estimate of drug-likeness (QED) is 0.633. The van der Waals surface area contributed by atoms with Gasteiger partial charge in [0.1, 0.15) is 0 Å². The van der Waals surface area contributed by atoms with Gasteiger partial charge in [-0.05, 0) is 0 Å². The molecule has 0 aliphatic carbocycles. The number of carbonyl (C=O) groups is 1. The molecule has 0 aliphatic heterocycles.